The highest BCUT2D eigenvalue weighted by Gasteiger charge is 2.30. The molecule has 2 aromatic rings. The molecule has 6 heteroatoms. The lowest BCUT2D eigenvalue weighted by Gasteiger charge is -2.38. The number of carbonyl (C=O) groups is 1. The van der Waals surface area contributed by atoms with Gasteiger partial charge in [-0.2, -0.15) is 0 Å². The maximum Gasteiger partial charge on any atom is 0.227 e. The van der Waals surface area contributed by atoms with Crippen LogP contribution in [0.3, 0.4) is 0 Å². The van der Waals surface area contributed by atoms with Crippen LogP contribution in [0.5, 0.6) is 0 Å². The second kappa shape index (κ2) is 9.34. The summed E-state index contributed by atoms with van der Waals surface area (Å²) >= 11 is 0. The molecule has 0 aromatic heterocycles. The molecule has 2 N–H and O–H groups in total. The van der Waals surface area contributed by atoms with E-state index in [1.54, 1.807) is 0 Å². The monoisotopic (exact) mass is 407 g/mol. The van der Waals surface area contributed by atoms with E-state index in [1.807, 2.05) is 35.2 Å². The molecular weight excluding hydrogens is 381 g/mol. The third-order valence-corrected chi connectivity index (χ3v) is 5.25. The molecule has 1 fully saturated rings. The second-order valence-corrected chi connectivity index (χ2v) is 7.12. The van der Waals surface area contributed by atoms with Gasteiger partial charge < -0.3 is 15.5 Å². The first-order chi connectivity index (χ1) is 12.2. The molecule has 0 atom stereocenters. The van der Waals surface area contributed by atoms with Crippen LogP contribution in [-0.2, 0) is 11.2 Å². The van der Waals surface area contributed by atoms with Crippen molar-refractivity contribution in [1.82, 2.24) is 0 Å². The normalized spacial score (nSPS) is 15.4. The van der Waals surface area contributed by atoms with Gasteiger partial charge in [0.05, 0.1) is 11.4 Å². The molecule has 1 heterocycles. The van der Waals surface area contributed by atoms with Crippen molar-refractivity contribution in [3.63, 3.8) is 0 Å². The minimum Gasteiger partial charge on any atom is -0.399 e. The topological polar surface area (TPSA) is 49.6 Å². The fourth-order valence-corrected chi connectivity index (χ4v) is 3.62. The zero-order valence-corrected chi connectivity index (χ0v) is 17.0. The van der Waals surface area contributed by atoms with Crippen LogP contribution in [0.25, 0.3) is 0 Å². The molecule has 146 valence electrons. The number of nitrogens with two attached hydrogens (primary N) is 1. The number of halogens is 2. The molecule has 4 rings (SSSR count). The molecule has 1 saturated carbocycles. The number of aryl methyl sites for hydroxylation is 1. The predicted molar refractivity (Wildman–Crippen MR) is 117 cm³/mol. The maximum atomic E-state index is 12.9. The molecule has 2 aliphatic rings. The summed E-state index contributed by atoms with van der Waals surface area (Å²) in [6.45, 7) is 2.82. The van der Waals surface area contributed by atoms with Gasteiger partial charge in [-0.1, -0.05) is 30.3 Å². The van der Waals surface area contributed by atoms with Gasteiger partial charge in [0.25, 0.3) is 0 Å². The summed E-state index contributed by atoms with van der Waals surface area (Å²) in [6, 6.07) is 16.1. The summed E-state index contributed by atoms with van der Waals surface area (Å²) in [4.78, 5) is 17.3. The number of nitrogens with zero attached hydrogens (tertiary/aromatic N) is 2. The van der Waals surface area contributed by atoms with E-state index in [0.29, 0.717) is 12.8 Å². The molecule has 0 bridgehead atoms. The molecule has 1 aliphatic carbocycles. The Morgan fingerprint density at radius 2 is 1.63 bits per heavy atom. The van der Waals surface area contributed by atoms with Gasteiger partial charge >= 0.3 is 0 Å². The fraction of sp³-hybridized carbons (Fsp3) is 0.381. The number of anilines is 3. The molecule has 0 saturated heterocycles. The first-order valence-electron chi connectivity index (χ1n) is 9.20. The Morgan fingerprint density at radius 1 is 0.963 bits per heavy atom. The standard InChI is InChI=1S/C21H25N3O.2ClH/c22-18-6-2-1-5-17(18)11-12-21(25)24-14-13-23(15-16-9-10-16)19-7-3-4-8-20(19)24;;/h1-8,16H,9-15,22H2;2*1H. The lowest BCUT2D eigenvalue weighted by atomic mass is 10.1. The largest absolute Gasteiger partial charge is 0.399 e. The Balaban J connectivity index is 0.00000131. The van der Waals surface area contributed by atoms with Crippen molar-refractivity contribution in [2.24, 2.45) is 5.92 Å². The molecule has 4 nitrogen and oxygen atoms in total. The third kappa shape index (κ3) is 4.88. The summed E-state index contributed by atoms with van der Waals surface area (Å²) in [6.07, 6.45) is 3.88. The summed E-state index contributed by atoms with van der Waals surface area (Å²) in [5.41, 5.74) is 10.1. The van der Waals surface area contributed by atoms with Gasteiger partial charge in [-0.3, -0.25) is 4.79 Å². The van der Waals surface area contributed by atoms with Gasteiger partial charge in [0.15, 0.2) is 0 Å². The van der Waals surface area contributed by atoms with E-state index in [4.69, 9.17) is 5.73 Å². The van der Waals surface area contributed by atoms with Crippen LogP contribution in [0.2, 0.25) is 0 Å². The Labute approximate surface area is 173 Å². The maximum absolute atomic E-state index is 12.9. The van der Waals surface area contributed by atoms with Crippen LogP contribution >= 0.6 is 24.8 Å². The highest BCUT2D eigenvalue weighted by molar-refractivity contribution is 5.98. The lowest BCUT2D eigenvalue weighted by Crippen LogP contribution is -2.44. The van der Waals surface area contributed by atoms with Crippen molar-refractivity contribution in [3.05, 3.63) is 54.1 Å². The predicted octanol–water partition coefficient (Wildman–Crippen LogP) is 4.31. The minimum absolute atomic E-state index is 0. The van der Waals surface area contributed by atoms with Crippen molar-refractivity contribution in [3.8, 4) is 0 Å². The Hall–Kier alpha value is -1.91. The Kier molecular flexibility index (Phi) is 7.40. The van der Waals surface area contributed by atoms with Crippen molar-refractivity contribution < 1.29 is 4.79 Å². The van der Waals surface area contributed by atoms with Gasteiger partial charge in [0.2, 0.25) is 5.91 Å². The summed E-state index contributed by atoms with van der Waals surface area (Å²) < 4.78 is 0. The molecule has 0 spiro atoms. The molecule has 0 unspecified atom stereocenters. The van der Waals surface area contributed by atoms with Crippen molar-refractivity contribution >= 4 is 47.8 Å². The molecule has 0 radical (unpaired) electrons. The van der Waals surface area contributed by atoms with E-state index >= 15 is 0 Å². The average Bonchev–Trinajstić information content (AvgIpc) is 3.45. The first kappa shape index (κ1) is 21.4. The van der Waals surface area contributed by atoms with Gasteiger partial charge in [0, 0.05) is 31.7 Å². The number of hydrogen-bond donors (Lipinski definition) is 1. The minimum atomic E-state index is 0. The second-order valence-electron chi connectivity index (χ2n) is 7.12. The average molecular weight is 408 g/mol. The number of carbonyl (C=O) groups excluding carboxylic acids is 1. The van der Waals surface area contributed by atoms with Crippen LogP contribution in [0.1, 0.15) is 24.8 Å². The van der Waals surface area contributed by atoms with Crippen LogP contribution in [0.4, 0.5) is 17.1 Å². The van der Waals surface area contributed by atoms with Crippen molar-refractivity contribution in [1.29, 1.82) is 0 Å². The molecule has 27 heavy (non-hydrogen) atoms. The highest BCUT2D eigenvalue weighted by atomic mass is 35.5. The fourth-order valence-electron chi connectivity index (χ4n) is 3.62. The first-order valence-corrected chi connectivity index (χ1v) is 9.20. The van der Waals surface area contributed by atoms with Crippen LogP contribution in [0, 0.1) is 5.92 Å². The zero-order chi connectivity index (χ0) is 17.2. The summed E-state index contributed by atoms with van der Waals surface area (Å²) in [5.74, 6) is 1.03. The quantitative estimate of drug-likeness (QED) is 0.751. The number of rotatable bonds is 5. The number of benzene rings is 2. The smallest absolute Gasteiger partial charge is 0.227 e. The number of nitrogen functional groups attached to an aromatic ring is 1. The van der Waals surface area contributed by atoms with E-state index in [2.05, 4.69) is 23.1 Å². The Bertz CT molecular complexity index is 780. The molecule has 1 aliphatic heterocycles. The molecule has 1 amide bonds. The molecule has 2 aromatic carbocycles. The lowest BCUT2D eigenvalue weighted by molar-refractivity contribution is -0.118. The summed E-state index contributed by atoms with van der Waals surface area (Å²) in [7, 11) is 0. The summed E-state index contributed by atoms with van der Waals surface area (Å²) in [5, 5.41) is 0. The van der Waals surface area contributed by atoms with Gasteiger partial charge in [-0.25, -0.2) is 0 Å². The molecular formula is C21H27Cl2N3O. The SMILES string of the molecule is Cl.Cl.Nc1ccccc1CCC(=O)N1CCN(CC2CC2)c2ccccc21. The number of hydrogen-bond acceptors (Lipinski definition) is 3. The van der Waals surface area contributed by atoms with Gasteiger partial charge in [-0.05, 0) is 48.9 Å². The van der Waals surface area contributed by atoms with E-state index < -0.39 is 0 Å². The van der Waals surface area contributed by atoms with Crippen LogP contribution in [0.15, 0.2) is 48.5 Å². The van der Waals surface area contributed by atoms with Crippen molar-refractivity contribution in [2.45, 2.75) is 25.7 Å². The van der Waals surface area contributed by atoms with E-state index in [9.17, 15) is 4.79 Å². The third-order valence-electron chi connectivity index (χ3n) is 5.25. The number of para-hydroxylation sites is 3. The number of amides is 1. The van der Waals surface area contributed by atoms with Crippen molar-refractivity contribution in [2.75, 3.05) is 35.2 Å². The van der Waals surface area contributed by atoms with E-state index in [-0.39, 0.29) is 30.7 Å². The number of fused-ring (bicyclic) bond motifs is 1. The Morgan fingerprint density at radius 3 is 2.33 bits per heavy atom. The zero-order valence-electron chi connectivity index (χ0n) is 15.3. The van der Waals surface area contributed by atoms with E-state index in [0.717, 1.165) is 42.5 Å². The van der Waals surface area contributed by atoms with Crippen LogP contribution < -0.4 is 15.5 Å². The highest BCUT2D eigenvalue weighted by Crippen LogP contribution is 2.37. The van der Waals surface area contributed by atoms with E-state index in [1.165, 1.54) is 18.5 Å². The van der Waals surface area contributed by atoms with Gasteiger partial charge in [-0.15, -0.1) is 24.8 Å². The van der Waals surface area contributed by atoms with Crippen LogP contribution in [-0.4, -0.2) is 25.5 Å². The van der Waals surface area contributed by atoms with Gasteiger partial charge in [0.1, 0.15) is 0 Å².